The second kappa shape index (κ2) is 4.48. The molecule has 0 aromatic carbocycles. The zero-order chi connectivity index (χ0) is 8.97. The number of halogens is 1. The van der Waals surface area contributed by atoms with Gasteiger partial charge in [0.15, 0.2) is 0 Å². The van der Waals surface area contributed by atoms with Gasteiger partial charge in [0.1, 0.15) is 5.03 Å². The Morgan fingerprint density at radius 2 is 2.50 bits per heavy atom. The van der Waals surface area contributed by atoms with Crippen LogP contribution in [0.1, 0.15) is 5.56 Å². The van der Waals surface area contributed by atoms with Crippen molar-refractivity contribution >= 4 is 27.7 Å². The molecule has 0 amide bonds. The fraction of sp³-hybridized carbons (Fsp3) is 0.250. The molecule has 0 aliphatic rings. The molecule has 1 aromatic heterocycles. The molecule has 1 heterocycles. The van der Waals surface area contributed by atoms with E-state index in [9.17, 15) is 0 Å². The lowest BCUT2D eigenvalue weighted by Crippen LogP contribution is -1.84. The van der Waals surface area contributed by atoms with Gasteiger partial charge in [0.25, 0.3) is 0 Å². The highest BCUT2D eigenvalue weighted by atomic mass is 79.9. The Labute approximate surface area is 84.1 Å². The number of thioether (sulfide) groups is 1. The fourth-order valence-corrected chi connectivity index (χ4v) is 2.06. The molecule has 62 valence electrons. The van der Waals surface area contributed by atoms with E-state index >= 15 is 0 Å². The van der Waals surface area contributed by atoms with E-state index in [1.165, 1.54) is 11.8 Å². The van der Waals surface area contributed by atoms with Crippen molar-refractivity contribution in [3.8, 4) is 6.07 Å². The normalized spacial score (nSPS) is 9.42. The fourth-order valence-electron chi connectivity index (χ4n) is 0.728. The van der Waals surface area contributed by atoms with E-state index in [1.807, 2.05) is 13.0 Å². The number of pyridine rings is 1. The van der Waals surface area contributed by atoms with Crippen LogP contribution in [0, 0.1) is 18.3 Å². The van der Waals surface area contributed by atoms with Gasteiger partial charge in [-0.2, -0.15) is 5.26 Å². The molecule has 0 saturated carbocycles. The van der Waals surface area contributed by atoms with Gasteiger partial charge in [-0.05, 0) is 34.5 Å². The molecule has 1 aromatic rings. The van der Waals surface area contributed by atoms with Crippen LogP contribution in [-0.2, 0) is 0 Å². The van der Waals surface area contributed by atoms with Crippen LogP contribution in [0.2, 0.25) is 0 Å². The van der Waals surface area contributed by atoms with Gasteiger partial charge >= 0.3 is 0 Å². The van der Waals surface area contributed by atoms with E-state index in [0.717, 1.165) is 15.1 Å². The highest BCUT2D eigenvalue weighted by Gasteiger charge is 2.00. The largest absolute Gasteiger partial charge is 0.248 e. The van der Waals surface area contributed by atoms with Crippen molar-refractivity contribution in [2.24, 2.45) is 0 Å². The number of aryl methyl sites for hydroxylation is 1. The minimum absolute atomic E-state index is 0.439. The minimum Gasteiger partial charge on any atom is -0.248 e. The Morgan fingerprint density at radius 3 is 3.08 bits per heavy atom. The lowest BCUT2D eigenvalue weighted by molar-refractivity contribution is 1.09. The van der Waals surface area contributed by atoms with E-state index in [-0.39, 0.29) is 0 Å². The summed E-state index contributed by atoms with van der Waals surface area (Å²) in [5.74, 6) is 0.439. The van der Waals surface area contributed by atoms with Crippen molar-refractivity contribution in [2.75, 3.05) is 5.75 Å². The molecule has 0 bridgehead atoms. The third-order valence-electron chi connectivity index (χ3n) is 1.22. The summed E-state index contributed by atoms with van der Waals surface area (Å²) >= 11 is 4.82. The Hall–Kier alpha value is -0.530. The number of nitriles is 1. The van der Waals surface area contributed by atoms with Crippen LogP contribution in [0.5, 0.6) is 0 Å². The van der Waals surface area contributed by atoms with Gasteiger partial charge in [-0.15, -0.1) is 0 Å². The second-order valence-corrected chi connectivity index (χ2v) is 4.06. The van der Waals surface area contributed by atoms with Gasteiger partial charge in [-0.25, -0.2) is 4.98 Å². The maximum atomic E-state index is 8.36. The first-order chi connectivity index (χ1) is 5.74. The monoisotopic (exact) mass is 242 g/mol. The number of aromatic nitrogens is 1. The summed E-state index contributed by atoms with van der Waals surface area (Å²) in [7, 11) is 0. The molecule has 2 nitrogen and oxygen atoms in total. The summed E-state index contributed by atoms with van der Waals surface area (Å²) in [6, 6.07) is 4.05. The van der Waals surface area contributed by atoms with Gasteiger partial charge in [0.2, 0.25) is 0 Å². The van der Waals surface area contributed by atoms with Crippen LogP contribution in [0.15, 0.2) is 21.8 Å². The molecule has 0 unspecified atom stereocenters. The first-order valence-corrected chi connectivity index (χ1v) is 5.14. The predicted molar refractivity (Wildman–Crippen MR) is 53.0 cm³/mol. The van der Waals surface area contributed by atoms with Crippen LogP contribution in [0.25, 0.3) is 0 Å². The highest BCUT2D eigenvalue weighted by Crippen LogP contribution is 2.25. The zero-order valence-corrected chi connectivity index (χ0v) is 8.94. The molecule has 0 N–H and O–H groups in total. The molecule has 1 rings (SSSR count). The van der Waals surface area contributed by atoms with Crippen molar-refractivity contribution < 1.29 is 0 Å². The number of hydrogen-bond donors (Lipinski definition) is 0. The van der Waals surface area contributed by atoms with Crippen LogP contribution in [0.3, 0.4) is 0 Å². The Kier molecular flexibility index (Phi) is 3.57. The van der Waals surface area contributed by atoms with Crippen molar-refractivity contribution in [1.29, 1.82) is 5.26 Å². The summed E-state index contributed by atoms with van der Waals surface area (Å²) in [6.07, 6.45) is 1.80. The Morgan fingerprint density at radius 1 is 1.75 bits per heavy atom. The lowest BCUT2D eigenvalue weighted by Gasteiger charge is -2.00. The van der Waals surface area contributed by atoms with E-state index in [4.69, 9.17) is 5.26 Å². The molecule has 0 aliphatic heterocycles. The Bertz CT molecular complexity index is 319. The first-order valence-electron chi connectivity index (χ1n) is 3.36. The molecule has 0 aliphatic carbocycles. The summed E-state index contributed by atoms with van der Waals surface area (Å²) < 4.78 is 0.961. The molecule has 0 fully saturated rings. The molecular formula is C8H7BrN2S. The summed E-state index contributed by atoms with van der Waals surface area (Å²) in [5, 5.41) is 9.24. The number of rotatable bonds is 2. The smallest absolute Gasteiger partial charge is 0.111 e. The lowest BCUT2D eigenvalue weighted by atomic mass is 10.3. The van der Waals surface area contributed by atoms with Crippen LogP contribution in [0.4, 0.5) is 0 Å². The van der Waals surface area contributed by atoms with Gasteiger partial charge in [-0.1, -0.05) is 11.8 Å². The van der Waals surface area contributed by atoms with Crippen molar-refractivity contribution in [1.82, 2.24) is 4.98 Å². The zero-order valence-electron chi connectivity index (χ0n) is 6.54. The van der Waals surface area contributed by atoms with Crippen molar-refractivity contribution in [3.63, 3.8) is 0 Å². The van der Waals surface area contributed by atoms with E-state index in [0.29, 0.717) is 5.75 Å². The molecular weight excluding hydrogens is 236 g/mol. The quantitative estimate of drug-likeness (QED) is 0.749. The van der Waals surface area contributed by atoms with Crippen LogP contribution < -0.4 is 0 Å². The van der Waals surface area contributed by atoms with Crippen LogP contribution in [-0.4, -0.2) is 10.7 Å². The maximum absolute atomic E-state index is 8.36. The van der Waals surface area contributed by atoms with Crippen molar-refractivity contribution in [3.05, 3.63) is 22.3 Å². The topological polar surface area (TPSA) is 36.7 Å². The number of hydrogen-bond acceptors (Lipinski definition) is 3. The van der Waals surface area contributed by atoms with Crippen LogP contribution >= 0.6 is 27.7 Å². The van der Waals surface area contributed by atoms with Gasteiger partial charge in [-0.3, -0.25) is 0 Å². The summed E-state index contributed by atoms with van der Waals surface area (Å²) in [6.45, 7) is 1.98. The Balaban J connectivity index is 2.81. The molecule has 0 saturated heterocycles. The molecule has 0 atom stereocenters. The minimum atomic E-state index is 0.439. The molecule has 12 heavy (non-hydrogen) atoms. The van der Waals surface area contributed by atoms with Gasteiger partial charge in [0, 0.05) is 6.20 Å². The van der Waals surface area contributed by atoms with Gasteiger partial charge in [0.05, 0.1) is 16.3 Å². The number of nitrogens with zero attached hydrogens (tertiary/aromatic N) is 2. The van der Waals surface area contributed by atoms with Gasteiger partial charge < -0.3 is 0 Å². The second-order valence-electron chi connectivity index (χ2n) is 2.25. The molecule has 0 spiro atoms. The maximum Gasteiger partial charge on any atom is 0.111 e. The summed E-state index contributed by atoms with van der Waals surface area (Å²) in [5.41, 5.74) is 1.11. The average Bonchev–Trinajstić information content (AvgIpc) is 2.03. The first kappa shape index (κ1) is 9.56. The predicted octanol–water partition coefficient (Wildman–Crippen LogP) is 2.77. The van der Waals surface area contributed by atoms with E-state index in [1.54, 1.807) is 6.20 Å². The van der Waals surface area contributed by atoms with Crippen molar-refractivity contribution in [2.45, 2.75) is 11.9 Å². The van der Waals surface area contributed by atoms with E-state index < -0.39 is 0 Å². The van der Waals surface area contributed by atoms with E-state index in [2.05, 4.69) is 27.0 Å². The third kappa shape index (κ3) is 2.50. The standard InChI is InChI=1S/C8H7BrN2S/c1-6-4-7(9)8(11-5-6)12-3-2-10/h4-5H,3H2,1H3. The molecule has 0 radical (unpaired) electrons. The third-order valence-corrected chi connectivity index (χ3v) is 2.96. The average molecular weight is 243 g/mol. The SMILES string of the molecule is Cc1cnc(SCC#N)c(Br)c1. The highest BCUT2D eigenvalue weighted by molar-refractivity contribution is 9.10. The molecule has 4 heteroatoms. The summed E-state index contributed by atoms with van der Waals surface area (Å²) in [4.78, 5) is 4.18.